The van der Waals surface area contributed by atoms with Gasteiger partial charge in [-0.05, 0) is 78.0 Å². The fourth-order valence-corrected chi connectivity index (χ4v) is 3.70. The van der Waals surface area contributed by atoms with Gasteiger partial charge in [-0.3, -0.25) is 4.98 Å². The van der Waals surface area contributed by atoms with Gasteiger partial charge in [-0.2, -0.15) is 0 Å². The van der Waals surface area contributed by atoms with Crippen LogP contribution in [0.25, 0.3) is 11.6 Å². The first-order valence-electron chi connectivity index (χ1n) is 9.68. The first-order chi connectivity index (χ1) is 13.6. The number of rotatable bonds is 8. The number of hydrogen-bond donors (Lipinski definition) is 1. The lowest BCUT2D eigenvalue weighted by atomic mass is 9.93. The largest absolute Gasteiger partial charge is 0.508 e. The molecule has 0 spiro atoms. The molecule has 1 aromatic heterocycles. The van der Waals surface area contributed by atoms with Gasteiger partial charge in [-0.25, -0.2) is 0 Å². The van der Waals surface area contributed by atoms with Crippen molar-refractivity contribution in [1.29, 1.82) is 0 Å². The minimum Gasteiger partial charge on any atom is -0.508 e. The van der Waals surface area contributed by atoms with Crippen LogP contribution in [0.4, 0.5) is 0 Å². The number of phenols is 1. The zero-order valence-electron chi connectivity index (χ0n) is 16.2. The number of phenolic OH excluding ortho intramolecular Hbond substituents is 1. The molecule has 2 heterocycles. The molecular weight excluding hydrogens is 370 g/mol. The van der Waals surface area contributed by atoms with E-state index in [1.807, 2.05) is 30.3 Å². The van der Waals surface area contributed by atoms with Crippen molar-refractivity contribution >= 4 is 23.3 Å². The van der Waals surface area contributed by atoms with Gasteiger partial charge >= 0.3 is 0 Å². The molecule has 4 heteroatoms. The van der Waals surface area contributed by atoms with Crippen molar-refractivity contribution in [2.75, 3.05) is 6.61 Å². The van der Waals surface area contributed by atoms with Gasteiger partial charge in [0.2, 0.25) is 0 Å². The van der Waals surface area contributed by atoms with E-state index >= 15 is 0 Å². The second-order valence-electron chi connectivity index (χ2n) is 6.96. The number of benzene rings is 1. The lowest BCUT2D eigenvalue weighted by Crippen LogP contribution is -2.12. The molecule has 1 atom stereocenters. The van der Waals surface area contributed by atoms with Gasteiger partial charge in [0, 0.05) is 6.20 Å². The smallest absolute Gasteiger partial charge is 0.117 e. The molecule has 0 radical (unpaired) electrons. The summed E-state index contributed by atoms with van der Waals surface area (Å²) in [5.41, 5.74) is 5.28. The summed E-state index contributed by atoms with van der Waals surface area (Å²) in [6.45, 7) is 7.05. The molecule has 1 aliphatic heterocycles. The van der Waals surface area contributed by atoms with Crippen LogP contribution in [0.2, 0.25) is 5.02 Å². The van der Waals surface area contributed by atoms with Crippen LogP contribution in [0.5, 0.6) is 5.75 Å². The topological polar surface area (TPSA) is 42.4 Å². The van der Waals surface area contributed by atoms with Gasteiger partial charge in [0.15, 0.2) is 0 Å². The molecule has 0 saturated heterocycles. The number of aromatic hydroxyl groups is 1. The molecule has 0 saturated carbocycles. The van der Waals surface area contributed by atoms with E-state index < -0.39 is 0 Å². The van der Waals surface area contributed by atoms with Crippen molar-refractivity contribution in [2.45, 2.75) is 38.7 Å². The van der Waals surface area contributed by atoms with E-state index in [4.69, 9.17) is 16.3 Å². The minimum absolute atomic E-state index is 0.0708. The summed E-state index contributed by atoms with van der Waals surface area (Å²) in [6.07, 6.45) is 9.80. The standard InChI is InChI=1S/C24H26ClNO2/c1-3-6-17(2)21-12-14-28-24(21)11-9-19(23-7-4-5-13-26-23)15-18-8-10-20(27)16-22(18)25/h4-5,7-8,10,12-13,15-16,24,27H,2-3,6,9,11,14H2,1H3/b19-15-. The van der Waals surface area contributed by atoms with Crippen molar-refractivity contribution in [3.05, 3.63) is 82.7 Å². The second kappa shape index (κ2) is 9.72. The summed E-state index contributed by atoms with van der Waals surface area (Å²) in [5, 5.41) is 10.1. The highest BCUT2D eigenvalue weighted by molar-refractivity contribution is 6.32. The van der Waals surface area contributed by atoms with Crippen LogP contribution in [0.3, 0.4) is 0 Å². The number of pyridine rings is 1. The highest BCUT2D eigenvalue weighted by atomic mass is 35.5. The molecule has 28 heavy (non-hydrogen) atoms. The van der Waals surface area contributed by atoms with Crippen LogP contribution in [-0.2, 0) is 4.74 Å². The first-order valence-corrected chi connectivity index (χ1v) is 10.1. The summed E-state index contributed by atoms with van der Waals surface area (Å²) in [7, 11) is 0. The predicted molar refractivity (Wildman–Crippen MR) is 116 cm³/mol. The van der Waals surface area contributed by atoms with Crippen LogP contribution in [-0.4, -0.2) is 22.8 Å². The molecule has 1 aliphatic rings. The van der Waals surface area contributed by atoms with Crippen molar-refractivity contribution in [3.8, 4) is 5.75 Å². The SMILES string of the molecule is C=C(CCC)C1=CCOC1CC/C(=C/c1ccc(O)cc1Cl)c1ccccn1. The zero-order chi connectivity index (χ0) is 19.9. The van der Waals surface area contributed by atoms with E-state index in [2.05, 4.69) is 24.6 Å². The predicted octanol–water partition coefficient (Wildman–Crippen LogP) is 6.44. The summed E-state index contributed by atoms with van der Waals surface area (Å²) in [5.74, 6) is 0.158. The molecule has 0 bridgehead atoms. The zero-order valence-corrected chi connectivity index (χ0v) is 17.0. The Balaban J connectivity index is 1.82. The third-order valence-corrected chi connectivity index (χ3v) is 5.22. The molecule has 3 rings (SSSR count). The Morgan fingerprint density at radius 1 is 1.32 bits per heavy atom. The van der Waals surface area contributed by atoms with Crippen LogP contribution in [0, 0.1) is 0 Å². The van der Waals surface area contributed by atoms with Crippen molar-refractivity contribution in [1.82, 2.24) is 4.98 Å². The van der Waals surface area contributed by atoms with Crippen LogP contribution in [0.15, 0.2) is 66.4 Å². The minimum atomic E-state index is 0.0708. The number of aromatic nitrogens is 1. The molecule has 146 valence electrons. The van der Waals surface area contributed by atoms with E-state index in [1.165, 1.54) is 11.1 Å². The van der Waals surface area contributed by atoms with Crippen LogP contribution >= 0.6 is 11.6 Å². The van der Waals surface area contributed by atoms with E-state index in [0.717, 1.165) is 42.5 Å². The van der Waals surface area contributed by atoms with E-state index in [1.54, 1.807) is 18.3 Å². The van der Waals surface area contributed by atoms with Gasteiger partial charge in [0.05, 0.1) is 23.4 Å². The van der Waals surface area contributed by atoms with Gasteiger partial charge in [-0.15, -0.1) is 0 Å². The maximum atomic E-state index is 9.61. The van der Waals surface area contributed by atoms with Gasteiger partial charge in [0.25, 0.3) is 0 Å². The Hall–Kier alpha value is -2.36. The summed E-state index contributed by atoms with van der Waals surface area (Å²) >= 11 is 6.32. The van der Waals surface area contributed by atoms with E-state index in [9.17, 15) is 5.11 Å². The second-order valence-corrected chi connectivity index (χ2v) is 7.37. The Morgan fingerprint density at radius 2 is 2.18 bits per heavy atom. The van der Waals surface area contributed by atoms with Crippen molar-refractivity contribution in [2.24, 2.45) is 0 Å². The Morgan fingerprint density at radius 3 is 2.89 bits per heavy atom. The van der Waals surface area contributed by atoms with Gasteiger partial charge < -0.3 is 9.84 Å². The Labute approximate surface area is 172 Å². The number of ether oxygens (including phenoxy) is 1. The third kappa shape index (κ3) is 5.12. The molecule has 1 aromatic carbocycles. The highest BCUT2D eigenvalue weighted by Gasteiger charge is 2.22. The number of nitrogens with zero attached hydrogens (tertiary/aromatic N) is 1. The maximum Gasteiger partial charge on any atom is 0.117 e. The molecule has 2 aromatic rings. The lowest BCUT2D eigenvalue weighted by molar-refractivity contribution is 0.117. The fourth-order valence-electron chi connectivity index (χ4n) is 3.47. The van der Waals surface area contributed by atoms with E-state index in [0.29, 0.717) is 11.6 Å². The Bertz CT molecular complexity index is 887. The average Bonchev–Trinajstić information content (AvgIpc) is 3.16. The first kappa shape index (κ1) is 20.4. The molecular formula is C24H26ClNO2. The number of hydrogen-bond acceptors (Lipinski definition) is 3. The molecule has 0 fully saturated rings. The van der Waals surface area contributed by atoms with Crippen LogP contribution < -0.4 is 0 Å². The normalized spacial score (nSPS) is 16.9. The average molecular weight is 396 g/mol. The third-order valence-electron chi connectivity index (χ3n) is 4.89. The summed E-state index contributed by atoms with van der Waals surface area (Å²) in [6, 6.07) is 10.9. The fraction of sp³-hybridized carbons (Fsp3) is 0.292. The van der Waals surface area contributed by atoms with Gasteiger partial charge in [0.1, 0.15) is 5.75 Å². The van der Waals surface area contributed by atoms with E-state index in [-0.39, 0.29) is 11.9 Å². The monoisotopic (exact) mass is 395 g/mol. The molecule has 1 unspecified atom stereocenters. The summed E-state index contributed by atoms with van der Waals surface area (Å²) < 4.78 is 5.95. The van der Waals surface area contributed by atoms with Gasteiger partial charge in [-0.1, -0.05) is 43.7 Å². The number of halogens is 1. The summed E-state index contributed by atoms with van der Waals surface area (Å²) in [4.78, 5) is 4.52. The number of allylic oxidation sites excluding steroid dienone is 1. The van der Waals surface area contributed by atoms with Crippen molar-refractivity contribution < 1.29 is 9.84 Å². The Kier molecular flexibility index (Phi) is 7.07. The molecule has 1 N–H and O–H groups in total. The quantitative estimate of drug-likeness (QED) is 0.559. The molecule has 0 amide bonds. The van der Waals surface area contributed by atoms with Crippen molar-refractivity contribution in [3.63, 3.8) is 0 Å². The maximum absolute atomic E-state index is 9.61. The lowest BCUT2D eigenvalue weighted by Gasteiger charge is -2.17. The highest BCUT2D eigenvalue weighted by Crippen LogP contribution is 2.32. The van der Waals surface area contributed by atoms with Crippen LogP contribution in [0.1, 0.15) is 43.9 Å². The molecule has 0 aliphatic carbocycles. The molecule has 3 nitrogen and oxygen atoms in total.